The van der Waals surface area contributed by atoms with Gasteiger partial charge >= 0.3 is 6.18 Å². The van der Waals surface area contributed by atoms with Gasteiger partial charge in [-0.25, -0.2) is 9.98 Å². The first kappa shape index (κ1) is 24.8. The molecule has 0 atom stereocenters. The van der Waals surface area contributed by atoms with Gasteiger partial charge in [0.05, 0.1) is 5.01 Å². The lowest BCUT2D eigenvalue weighted by Gasteiger charge is -2.25. The van der Waals surface area contributed by atoms with Crippen molar-refractivity contribution in [2.24, 2.45) is 12.0 Å². The van der Waals surface area contributed by atoms with E-state index < -0.39 is 11.9 Å². The van der Waals surface area contributed by atoms with Crippen LogP contribution < -0.4 is 10.6 Å². The van der Waals surface area contributed by atoms with Crippen molar-refractivity contribution < 1.29 is 13.2 Å². The number of nitrogens with zero attached hydrogens (tertiary/aromatic N) is 5. The van der Waals surface area contributed by atoms with E-state index in [-0.39, 0.29) is 24.0 Å². The maximum absolute atomic E-state index is 12.7. The predicted molar refractivity (Wildman–Crippen MR) is 121 cm³/mol. The summed E-state index contributed by atoms with van der Waals surface area (Å²) in [7, 11) is 1.89. The Morgan fingerprint density at radius 1 is 1.27 bits per heavy atom. The van der Waals surface area contributed by atoms with E-state index in [0.29, 0.717) is 36.5 Å². The van der Waals surface area contributed by atoms with E-state index in [1.54, 1.807) is 0 Å². The SMILES string of the molecule is Cc1nnc(CN=C(NCCc2nc(C(F)(F)F)cs2)NC2CCCCC2)n1C.I. The molecule has 1 fully saturated rings. The first-order valence-corrected chi connectivity index (χ1v) is 10.6. The van der Waals surface area contributed by atoms with Crippen LogP contribution in [0.1, 0.15) is 54.5 Å². The zero-order chi connectivity index (χ0) is 20.9. The van der Waals surface area contributed by atoms with Crippen LogP contribution in [0.3, 0.4) is 0 Å². The molecule has 0 aromatic carbocycles. The highest BCUT2D eigenvalue weighted by Crippen LogP contribution is 2.30. The van der Waals surface area contributed by atoms with Crippen LogP contribution in [0, 0.1) is 6.92 Å². The van der Waals surface area contributed by atoms with Gasteiger partial charge in [0, 0.05) is 31.4 Å². The van der Waals surface area contributed by atoms with E-state index in [1.807, 2.05) is 18.5 Å². The molecule has 0 bridgehead atoms. The van der Waals surface area contributed by atoms with Gasteiger partial charge in [-0.1, -0.05) is 19.3 Å². The number of alkyl halides is 3. The third-order valence-electron chi connectivity index (χ3n) is 4.98. The number of thiazole rings is 1. The molecule has 7 nitrogen and oxygen atoms in total. The van der Waals surface area contributed by atoms with Crippen molar-refractivity contribution in [2.75, 3.05) is 6.54 Å². The second kappa shape index (κ2) is 11.3. The molecular weight excluding hydrogens is 530 g/mol. The zero-order valence-corrected chi connectivity index (χ0v) is 20.1. The highest BCUT2D eigenvalue weighted by atomic mass is 127. The predicted octanol–water partition coefficient (Wildman–Crippen LogP) is 3.83. The topological polar surface area (TPSA) is 80.0 Å². The van der Waals surface area contributed by atoms with E-state index >= 15 is 0 Å². The van der Waals surface area contributed by atoms with Crippen LogP contribution in [0.5, 0.6) is 0 Å². The monoisotopic (exact) mass is 557 g/mol. The highest BCUT2D eigenvalue weighted by Gasteiger charge is 2.33. The summed E-state index contributed by atoms with van der Waals surface area (Å²) in [4.78, 5) is 8.29. The average molecular weight is 557 g/mol. The number of hydrogen-bond acceptors (Lipinski definition) is 5. The standard InChI is InChI=1S/C18H26F3N7S.HI/c1-12-26-27-15(28(12)2)10-23-17(24-13-6-4-3-5-7-13)22-9-8-16-25-14(11-29-16)18(19,20)21;/h11,13H,3-10H2,1-2H3,(H2,22,23,24);1H. The van der Waals surface area contributed by atoms with Crippen molar-refractivity contribution in [1.82, 2.24) is 30.4 Å². The van der Waals surface area contributed by atoms with Crippen molar-refractivity contribution in [2.45, 2.75) is 64.2 Å². The van der Waals surface area contributed by atoms with E-state index in [2.05, 4.69) is 30.8 Å². The van der Waals surface area contributed by atoms with Crippen molar-refractivity contribution in [1.29, 1.82) is 0 Å². The van der Waals surface area contributed by atoms with Crippen molar-refractivity contribution in [3.05, 3.63) is 27.7 Å². The van der Waals surface area contributed by atoms with Gasteiger partial charge in [-0.15, -0.1) is 45.5 Å². The molecule has 0 saturated heterocycles. The molecule has 1 aliphatic rings. The molecule has 0 radical (unpaired) electrons. The first-order valence-electron chi connectivity index (χ1n) is 9.74. The van der Waals surface area contributed by atoms with Gasteiger partial charge in [0.1, 0.15) is 12.4 Å². The largest absolute Gasteiger partial charge is 0.434 e. The van der Waals surface area contributed by atoms with E-state index in [4.69, 9.17) is 0 Å². The van der Waals surface area contributed by atoms with Gasteiger partial charge in [-0.05, 0) is 19.8 Å². The molecule has 0 unspecified atom stereocenters. The molecule has 30 heavy (non-hydrogen) atoms. The molecule has 0 amide bonds. The molecule has 12 heteroatoms. The number of halogens is 4. The average Bonchev–Trinajstić information content (AvgIpc) is 3.28. The Balaban J connectivity index is 0.00000320. The van der Waals surface area contributed by atoms with Gasteiger partial charge in [0.15, 0.2) is 17.5 Å². The fourth-order valence-corrected chi connectivity index (χ4v) is 3.98. The molecular formula is C18H27F3IN7S. The lowest BCUT2D eigenvalue weighted by molar-refractivity contribution is -0.140. The Bertz CT molecular complexity index is 828. The minimum absolute atomic E-state index is 0. The maximum Gasteiger partial charge on any atom is 0.434 e. The molecule has 1 saturated carbocycles. The van der Waals surface area contributed by atoms with Crippen LogP contribution in [0.25, 0.3) is 0 Å². The molecule has 3 rings (SSSR count). The Kier molecular flexibility index (Phi) is 9.31. The molecule has 2 N–H and O–H groups in total. The number of rotatable bonds is 6. The summed E-state index contributed by atoms with van der Waals surface area (Å²) in [6, 6.07) is 0.355. The quantitative estimate of drug-likeness (QED) is 0.321. The summed E-state index contributed by atoms with van der Waals surface area (Å²) in [6.07, 6.45) is 1.80. The molecule has 2 aromatic rings. The Hall–Kier alpha value is -1.44. The summed E-state index contributed by atoms with van der Waals surface area (Å²) in [5.41, 5.74) is -0.829. The summed E-state index contributed by atoms with van der Waals surface area (Å²) in [5.74, 6) is 2.21. The van der Waals surface area contributed by atoms with Gasteiger partial charge in [0.2, 0.25) is 0 Å². The molecule has 1 aliphatic carbocycles. The highest BCUT2D eigenvalue weighted by molar-refractivity contribution is 14.0. The van der Waals surface area contributed by atoms with Gasteiger partial charge < -0.3 is 15.2 Å². The maximum atomic E-state index is 12.7. The Morgan fingerprint density at radius 3 is 2.60 bits per heavy atom. The van der Waals surface area contributed by atoms with E-state index in [9.17, 15) is 13.2 Å². The van der Waals surface area contributed by atoms with Gasteiger partial charge in [0.25, 0.3) is 0 Å². The minimum Gasteiger partial charge on any atom is -0.356 e. The molecule has 0 spiro atoms. The first-order chi connectivity index (χ1) is 13.8. The van der Waals surface area contributed by atoms with Crippen LogP contribution in [0.4, 0.5) is 13.2 Å². The number of guanidine groups is 1. The molecule has 2 heterocycles. The lowest BCUT2D eigenvalue weighted by atomic mass is 9.96. The smallest absolute Gasteiger partial charge is 0.356 e. The number of aryl methyl sites for hydroxylation is 1. The summed E-state index contributed by atoms with van der Waals surface area (Å²) in [5, 5.41) is 16.3. The van der Waals surface area contributed by atoms with Crippen molar-refractivity contribution in [3.8, 4) is 0 Å². The van der Waals surface area contributed by atoms with E-state index in [1.165, 1.54) is 19.3 Å². The Labute approximate surface area is 195 Å². The minimum atomic E-state index is -4.40. The number of aliphatic imine (C=N–C) groups is 1. The van der Waals surface area contributed by atoms with Crippen LogP contribution in [0.2, 0.25) is 0 Å². The van der Waals surface area contributed by atoms with Crippen LogP contribution in [-0.2, 0) is 26.2 Å². The second-order valence-corrected chi connectivity index (χ2v) is 8.11. The van der Waals surface area contributed by atoms with Gasteiger partial charge in [-0.2, -0.15) is 13.2 Å². The number of hydrogen-bond donors (Lipinski definition) is 2. The van der Waals surface area contributed by atoms with Crippen LogP contribution >= 0.6 is 35.3 Å². The normalized spacial score (nSPS) is 15.7. The third-order valence-corrected chi connectivity index (χ3v) is 5.89. The van der Waals surface area contributed by atoms with Crippen molar-refractivity contribution >= 4 is 41.3 Å². The summed E-state index contributed by atoms with van der Waals surface area (Å²) >= 11 is 1.03. The number of nitrogens with one attached hydrogen (secondary N) is 2. The van der Waals surface area contributed by atoms with Gasteiger partial charge in [-0.3, -0.25) is 0 Å². The van der Waals surface area contributed by atoms with Crippen molar-refractivity contribution in [3.63, 3.8) is 0 Å². The second-order valence-electron chi connectivity index (χ2n) is 7.17. The third kappa shape index (κ3) is 7.06. The fourth-order valence-electron chi connectivity index (χ4n) is 3.18. The molecule has 0 aliphatic heterocycles. The number of aromatic nitrogens is 4. The van der Waals surface area contributed by atoms with E-state index in [0.717, 1.165) is 41.2 Å². The summed E-state index contributed by atoms with van der Waals surface area (Å²) in [6.45, 7) is 2.69. The Morgan fingerprint density at radius 2 is 2.00 bits per heavy atom. The summed E-state index contributed by atoms with van der Waals surface area (Å²) < 4.78 is 40.0. The zero-order valence-electron chi connectivity index (χ0n) is 17.0. The molecule has 2 aromatic heterocycles. The van der Waals surface area contributed by atoms with Crippen LogP contribution in [0.15, 0.2) is 10.4 Å². The molecule has 168 valence electrons. The van der Waals surface area contributed by atoms with Crippen LogP contribution in [-0.4, -0.2) is 38.3 Å². The fraction of sp³-hybridized carbons (Fsp3) is 0.667. The lowest BCUT2D eigenvalue weighted by Crippen LogP contribution is -2.44.